The highest BCUT2D eigenvalue weighted by Crippen LogP contribution is 2.26. The first-order chi connectivity index (χ1) is 12.2. The van der Waals surface area contributed by atoms with Crippen molar-refractivity contribution in [3.63, 3.8) is 0 Å². The van der Waals surface area contributed by atoms with Gasteiger partial charge in [-0.05, 0) is 30.3 Å². The van der Waals surface area contributed by atoms with Crippen molar-refractivity contribution in [1.82, 2.24) is 0 Å². The average Bonchev–Trinajstić information content (AvgIpc) is 2.68. The fraction of sp³-hybridized carbons (Fsp3) is 0.263. The number of hydrogen-bond donors (Lipinski definition) is 1. The minimum atomic E-state index is -0.433. The number of benzene rings is 2. The Kier molecular flexibility index (Phi) is 5.30. The predicted molar refractivity (Wildman–Crippen MR) is 95.2 cm³/mol. The van der Waals surface area contributed by atoms with Crippen molar-refractivity contribution >= 4 is 23.3 Å². The van der Waals surface area contributed by atoms with E-state index in [0.717, 1.165) is 5.69 Å². The van der Waals surface area contributed by atoms with E-state index < -0.39 is 5.97 Å². The van der Waals surface area contributed by atoms with Gasteiger partial charge >= 0.3 is 5.97 Å². The van der Waals surface area contributed by atoms with Crippen LogP contribution in [0.2, 0.25) is 0 Å². The lowest BCUT2D eigenvalue weighted by molar-refractivity contribution is 0.0600. The number of hydrogen-bond acceptors (Lipinski definition) is 5. The smallest absolute Gasteiger partial charge is 0.340 e. The molecule has 0 unspecified atom stereocenters. The monoisotopic (exact) mass is 340 g/mol. The van der Waals surface area contributed by atoms with Crippen LogP contribution >= 0.6 is 0 Å². The Balaban J connectivity index is 1.86. The number of nitrogens with zero attached hydrogens (tertiary/aromatic N) is 1. The number of rotatable bonds is 4. The van der Waals surface area contributed by atoms with Gasteiger partial charge in [-0.2, -0.15) is 0 Å². The SMILES string of the molecule is COC(=O)c1cc(NC(=O)c2ccccc2)ccc1N1CCOCC1. The second-order valence-electron chi connectivity index (χ2n) is 5.64. The largest absolute Gasteiger partial charge is 0.465 e. The van der Waals surface area contributed by atoms with Crippen molar-refractivity contribution in [2.75, 3.05) is 43.6 Å². The molecule has 0 spiro atoms. The highest BCUT2D eigenvalue weighted by Gasteiger charge is 2.20. The minimum Gasteiger partial charge on any atom is -0.465 e. The van der Waals surface area contributed by atoms with Gasteiger partial charge in [-0.3, -0.25) is 4.79 Å². The van der Waals surface area contributed by atoms with Gasteiger partial charge in [-0.15, -0.1) is 0 Å². The van der Waals surface area contributed by atoms with Crippen molar-refractivity contribution < 1.29 is 19.1 Å². The van der Waals surface area contributed by atoms with E-state index in [1.165, 1.54) is 7.11 Å². The second kappa shape index (κ2) is 7.81. The van der Waals surface area contributed by atoms with Crippen LogP contribution in [0.5, 0.6) is 0 Å². The van der Waals surface area contributed by atoms with Gasteiger partial charge in [-0.25, -0.2) is 4.79 Å². The van der Waals surface area contributed by atoms with Crippen molar-refractivity contribution in [2.45, 2.75) is 0 Å². The first kappa shape index (κ1) is 17.0. The molecule has 1 aliphatic rings. The standard InChI is InChI=1S/C19H20N2O4/c1-24-19(23)16-13-15(20-18(22)14-5-3-2-4-6-14)7-8-17(16)21-9-11-25-12-10-21/h2-8,13H,9-12H2,1H3,(H,20,22). The summed E-state index contributed by atoms with van der Waals surface area (Å²) in [6.45, 7) is 2.65. The quantitative estimate of drug-likeness (QED) is 0.867. The van der Waals surface area contributed by atoms with Crippen LogP contribution in [0.15, 0.2) is 48.5 Å². The van der Waals surface area contributed by atoms with Gasteiger partial charge in [0.15, 0.2) is 0 Å². The van der Waals surface area contributed by atoms with Crippen molar-refractivity contribution in [2.24, 2.45) is 0 Å². The van der Waals surface area contributed by atoms with Crippen LogP contribution < -0.4 is 10.2 Å². The molecule has 6 heteroatoms. The van der Waals surface area contributed by atoms with Gasteiger partial charge < -0.3 is 19.7 Å². The normalized spacial score (nSPS) is 14.0. The van der Waals surface area contributed by atoms with Crippen molar-refractivity contribution in [3.8, 4) is 0 Å². The van der Waals surface area contributed by atoms with Crippen LogP contribution in [-0.2, 0) is 9.47 Å². The Morgan fingerprint density at radius 1 is 1.08 bits per heavy atom. The minimum absolute atomic E-state index is 0.226. The molecular weight excluding hydrogens is 320 g/mol. The van der Waals surface area contributed by atoms with Gasteiger partial charge in [0.05, 0.1) is 31.6 Å². The molecule has 1 fully saturated rings. The summed E-state index contributed by atoms with van der Waals surface area (Å²) in [5.74, 6) is -0.659. The molecule has 0 aromatic heterocycles. The molecular formula is C19H20N2O4. The summed E-state index contributed by atoms with van der Waals surface area (Å²) in [7, 11) is 1.35. The summed E-state index contributed by atoms with van der Waals surface area (Å²) in [6, 6.07) is 14.2. The maximum atomic E-state index is 12.3. The van der Waals surface area contributed by atoms with Gasteiger partial charge in [-0.1, -0.05) is 18.2 Å². The summed E-state index contributed by atoms with van der Waals surface area (Å²) in [4.78, 5) is 26.6. The fourth-order valence-corrected chi connectivity index (χ4v) is 2.76. The summed E-state index contributed by atoms with van der Waals surface area (Å²) in [5, 5.41) is 2.82. The third-order valence-corrected chi connectivity index (χ3v) is 4.05. The summed E-state index contributed by atoms with van der Waals surface area (Å²) in [5.41, 5.74) is 2.31. The van der Waals surface area contributed by atoms with Crippen LogP contribution in [0, 0.1) is 0 Å². The topological polar surface area (TPSA) is 67.9 Å². The molecule has 25 heavy (non-hydrogen) atoms. The third-order valence-electron chi connectivity index (χ3n) is 4.05. The summed E-state index contributed by atoms with van der Waals surface area (Å²) < 4.78 is 10.3. The highest BCUT2D eigenvalue weighted by atomic mass is 16.5. The zero-order valence-corrected chi connectivity index (χ0v) is 14.0. The average molecular weight is 340 g/mol. The van der Waals surface area contributed by atoms with E-state index in [1.807, 2.05) is 12.1 Å². The number of carbonyl (C=O) groups is 2. The van der Waals surface area contributed by atoms with Gasteiger partial charge in [0, 0.05) is 24.3 Å². The van der Waals surface area contributed by atoms with E-state index in [1.54, 1.807) is 36.4 Å². The molecule has 1 saturated heterocycles. The molecule has 0 aliphatic carbocycles. The lowest BCUT2D eigenvalue weighted by Gasteiger charge is -2.30. The molecule has 1 heterocycles. The van der Waals surface area contributed by atoms with Crippen LogP contribution in [0.25, 0.3) is 0 Å². The predicted octanol–water partition coefficient (Wildman–Crippen LogP) is 2.56. The van der Waals surface area contributed by atoms with Crippen molar-refractivity contribution in [1.29, 1.82) is 0 Å². The number of methoxy groups -OCH3 is 1. The Hall–Kier alpha value is -2.86. The summed E-state index contributed by atoms with van der Waals surface area (Å²) >= 11 is 0. The van der Waals surface area contributed by atoms with E-state index >= 15 is 0 Å². The lowest BCUT2D eigenvalue weighted by atomic mass is 10.1. The fourth-order valence-electron chi connectivity index (χ4n) is 2.76. The lowest BCUT2D eigenvalue weighted by Crippen LogP contribution is -2.37. The number of amides is 1. The van der Waals surface area contributed by atoms with E-state index in [9.17, 15) is 9.59 Å². The van der Waals surface area contributed by atoms with Crippen LogP contribution in [0.4, 0.5) is 11.4 Å². The Bertz CT molecular complexity index is 755. The maximum absolute atomic E-state index is 12.3. The molecule has 2 aromatic carbocycles. The van der Waals surface area contributed by atoms with Crippen LogP contribution in [0.1, 0.15) is 20.7 Å². The number of nitrogens with one attached hydrogen (secondary N) is 1. The molecule has 2 aromatic rings. The molecule has 1 N–H and O–H groups in total. The van der Waals surface area contributed by atoms with E-state index in [0.29, 0.717) is 43.1 Å². The Labute approximate surface area is 146 Å². The molecule has 0 radical (unpaired) electrons. The molecule has 0 atom stereocenters. The zero-order valence-electron chi connectivity index (χ0n) is 14.0. The number of carbonyl (C=O) groups excluding carboxylic acids is 2. The van der Waals surface area contributed by atoms with Crippen molar-refractivity contribution in [3.05, 3.63) is 59.7 Å². The summed E-state index contributed by atoms with van der Waals surface area (Å²) in [6.07, 6.45) is 0. The third kappa shape index (κ3) is 3.97. The Morgan fingerprint density at radius 3 is 2.48 bits per heavy atom. The molecule has 6 nitrogen and oxygen atoms in total. The second-order valence-corrected chi connectivity index (χ2v) is 5.64. The molecule has 130 valence electrons. The molecule has 3 rings (SSSR count). The number of esters is 1. The van der Waals surface area contributed by atoms with E-state index in [-0.39, 0.29) is 5.91 Å². The van der Waals surface area contributed by atoms with Gasteiger partial charge in [0.25, 0.3) is 5.91 Å². The van der Waals surface area contributed by atoms with Crippen LogP contribution in [0.3, 0.4) is 0 Å². The van der Waals surface area contributed by atoms with E-state index in [4.69, 9.17) is 9.47 Å². The Morgan fingerprint density at radius 2 is 1.80 bits per heavy atom. The number of morpholine rings is 1. The first-order valence-electron chi connectivity index (χ1n) is 8.10. The zero-order chi connectivity index (χ0) is 17.6. The maximum Gasteiger partial charge on any atom is 0.340 e. The number of ether oxygens (including phenoxy) is 2. The van der Waals surface area contributed by atoms with Crippen LogP contribution in [-0.4, -0.2) is 45.3 Å². The molecule has 0 bridgehead atoms. The highest BCUT2D eigenvalue weighted by molar-refractivity contribution is 6.05. The molecule has 1 aliphatic heterocycles. The van der Waals surface area contributed by atoms with E-state index in [2.05, 4.69) is 10.2 Å². The first-order valence-corrected chi connectivity index (χ1v) is 8.10. The van der Waals surface area contributed by atoms with Gasteiger partial charge in [0.1, 0.15) is 0 Å². The molecule has 0 saturated carbocycles. The molecule has 1 amide bonds. The number of anilines is 2. The van der Waals surface area contributed by atoms with Gasteiger partial charge in [0.2, 0.25) is 0 Å².